The highest BCUT2D eigenvalue weighted by Gasteiger charge is 2.28. The van der Waals surface area contributed by atoms with Crippen LogP contribution < -0.4 is 5.32 Å². The molecule has 0 aliphatic carbocycles. The van der Waals surface area contributed by atoms with Crippen LogP contribution in [0.15, 0.2) is 76.1 Å². The number of anilines is 1. The van der Waals surface area contributed by atoms with Crippen molar-refractivity contribution >= 4 is 60.7 Å². The number of hydrogen-bond donors (Lipinski definition) is 1. The molecular formula is C22H19BrCl2N2O3S. The predicted octanol–water partition coefficient (Wildman–Crippen LogP) is 5.89. The van der Waals surface area contributed by atoms with Crippen LogP contribution in [-0.4, -0.2) is 25.2 Å². The summed E-state index contributed by atoms with van der Waals surface area (Å²) >= 11 is 15.5. The average Bonchev–Trinajstić information content (AvgIpc) is 2.71. The maximum atomic E-state index is 13.3. The van der Waals surface area contributed by atoms with E-state index >= 15 is 0 Å². The molecule has 0 heterocycles. The van der Waals surface area contributed by atoms with Crippen LogP contribution in [0.5, 0.6) is 0 Å². The van der Waals surface area contributed by atoms with E-state index in [2.05, 4.69) is 21.2 Å². The molecule has 0 aromatic heterocycles. The zero-order valence-corrected chi connectivity index (χ0v) is 20.4. The number of halogens is 3. The Kier molecular flexibility index (Phi) is 7.78. The second-order valence-electron chi connectivity index (χ2n) is 6.83. The van der Waals surface area contributed by atoms with Crippen molar-refractivity contribution in [1.29, 1.82) is 0 Å². The Hall–Kier alpha value is -1.90. The van der Waals surface area contributed by atoms with Crippen LogP contribution in [0.25, 0.3) is 0 Å². The third-order valence-corrected chi connectivity index (χ3v) is 7.47. The van der Waals surface area contributed by atoms with Crippen LogP contribution in [0.4, 0.5) is 5.69 Å². The monoisotopic (exact) mass is 540 g/mol. The topological polar surface area (TPSA) is 66.5 Å². The first-order valence-electron chi connectivity index (χ1n) is 9.22. The van der Waals surface area contributed by atoms with Gasteiger partial charge in [-0.15, -0.1) is 0 Å². The number of amides is 1. The minimum Gasteiger partial charge on any atom is -0.325 e. The standard InChI is InChI=1S/C22H19BrCl2N2O3S/c1-15-4-2-3-5-21(15)26-22(28)14-27(13-16-6-9-18(24)12-20(16)25)31(29,30)19-10-7-17(23)8-11-19/h2-12H,13-14H2,1H3,(H,26,28). The highest BCUT2D eigenvalue weighted by molar-refractivity contribution is 9.10. The number of carbonyl (C=O) groups excluding carboxylic acids is 1. The highest BCUT2D eigenvalue weighted by atomic mass is 79.9. The summed E-state index contributed by atoms with van der Waals surface area (Å²) in [4.78, 5) is 12.8. The lowest BCUT2D eigenvalue weighted by molar-refractivity contribution is -0.116. The van der Waals surface area contributed by atoms with Gasteiger partial charge in [0, 0.05) is 26.8 Å². The van der Waals surface area contributed by atoms with Crippen LogP contribution in [0, 0.1) is 6.92 Å². The largest absolute Gasteiger partial charge is 0.325 e. The molecule has 3 aromatic carbocycles. The molecule has 0 saturated carbocycles. The summed E-state index contributed by atoms with van der Waals surface area (Å²) in [5, 5.41) is 3.54. The van der Waals surface area contributed by atoms with Crippen molar-refractivity contribution in [3.05, 3.63) is 92.4 Å². The number of nitrogens with zero attached hydrogens (tertiary/aromatic N) is 1. The van der Waals surface area contributed by atoms with Gasteiger partial charge in [0.05, 0.1) is 11.4 Å². The van der Waals surface area contributed by atoms with Gasteiger partial charge in [-0.05, 0) is 60.5 Å². The number of nitrogens with one attached hydrogen (secondary N) is 1. The molecule has 0 aliphatic heterocycles. The fourth-order valence-electron chi connectivity index (χ4n) is 2.88. The van der Waals surface area contributed by atoms with Gasteiger partial charge in [-0.1, -0.05) is 63.4 Å². The van der Waals surface area contributed by atoms with Crippen LogP contribution >= 0.6 is 39.1 Å². The maximum absolute atomic E-state index is 13.3. The highest BCUT2D eigenvalue weighted by Crippen LogP contribution is 2.26. The Bertz CT molecular complexity index is 1200. The van der Waals surface area contributed by atoms with E-state index in [-0.39, 0.29) is 18.0 Å². The quantitative estimate of drug-likeness (QED) is 0.405. The van der Waals surface area contributed by atoms with Gasteiger partial charge in [-0.3, -0.25) is 4.79 Å². The molecule has 3 aromatic rings. The van der Waals surface area contributed by atoms with Crippen molar-refractivity contribution in [2.75, 3.05) is 11.9 Å². The molecule has 0 fully saturated rings. The summed E-state index contributed by atoms with van der Waals surface area (Å²) < 4.78 is 28.5. The molecule has 0 spiro atoms. The molecule has 0 bridgehead atoms. The van der Waals surface area contributed by atoms with Gasteiger partial charge in [-0.25, -0.2) is 8.42 Å². The first kappa shape index (κ1) is 23.8. The number of hydrogen-bond acceptors (Lipinski definition) is 3. The van der Waals surface area contributed by atoms with Crippen molar-refractivity contribution in [2.45, 2.75) is 18.4 Å². The second kappa shape index (κ2) is 10.1. The van der Waals surface area contributed by atoms with E-state index in [1.165, 1.54) is 18.2 Å². The van der Waals surface area contributed by atoms with Crippen LogP contribution in [0.2, 0.25) is 10.0 Å². The molecule has 0 radical (unpaired) electrons. The fourth-order valence-corrected chi connectivity index (χ4v) is 4.99. The van der Waals surface area contributed by atoms with Crippen molar-refractivity contribution in [2.24, 2.45) is 0 Å². The normalized spacial score (nSPS) is 11.5. The van der Waals surface area contributed by atoms with E-state index in [0.717, 1.165) is 14.3 Å². The van der Waals surface area contributed by atoms with E-state index in [1.807, 2.05) is 19.1 Å². The molecule has 0 unspecified atom stereocenters. The van der Waals surface area contributed by atoms with Crippen LogP contribution in [-0.2, 0) is 21.4 Å². The first-order valence-corrected chi connectivity index (χ1v) is 12.2. The zero-order valence-electron chi connectivity index (χ0n) is 16.5. The lowest BCUT2D eigenvalue weighted by atomic mass is 10.2. The van der Waals surface area contributed by atoms with Crippen LogP contribution in [0.1, 0.15) is 11.1 Å². The van der Waals surface area contributed by atoms with Crippen molar-refractivity contribution in [3.8, 4) is 0 Å². The molecule has 0 atom stereocenters. The summed E-state index contributed by atoms with van der Waals surface area (Å²) in [5.41, 5.74) is 2.03. The minimum absolute atomic E-state index is 0.0736. The van der Waals surface area contributed by atoms with Gasteiger partial charge in [-0.2, -0.15) is 4.31 Å². The number of para-hydroxylation sites is 1. The molecule has 0 saturated heterocycles. The molecule has 31 heavy (non-hydrogen) atoms. The lowest BCUT2D eigenvalue weighted by Gasteiger charge is -2.23. The third-order valence-electron chi connectivity index (χ3n) is 4.55. The Morgan fingerprint density at radius 2 is 1.71 bits per heavy atom. The van der Waals surface area contributed by atoms with Gasteiger partial charge >= 0.3 is 0 Å². The Balaban J connectivity index is 1.92. The van der Waals surface area contributed by atoms with E-state index < -0.39 is 15.9 Å². The summed E-state index contributed by atoms with van der Waals surface area (Å²) in [6.07, 6.45) is 0. The van der Waals surface area contributed by atoms with Gasteiger partial charge < -0.3 is 5.32 Å². The Morgan fingerprint density at radius 3 is 2.35 bits per heavy atom. The van der Waals surface area contributed by atoms with Crippen LogP contribution in [0.3, 0.4) is 0 Å². The smallest absolute Gasteiger partial charge is 0.243 e. The Labute approximate surface area is 200 Å². The molecule has 162 valence electrons. The summed E-state index contributed by atoms with van der Waals surface area (Å²) in [5.74, 6) is -0.458. The molecule has 3 rings (SSSR count). The van der Waals surface area contributed by atoms with Gasteiger partial charge in [0.15, 0.2) is 0 Å². The SMILES string of the molecule is Cc1ccccc1NC(=O)CN(Cc1ccc(Cl)cc1Cl)S(=O)(=O)c1ccc(Br)cc1. The molecule has 1 N–H and O–H groups in total. The number of sulfonamides is 1. The van der Waals surface area contributed by atoms with E-state index in [9.17, 15) is 13.2 Å². The number of aryl methyl sites for hydroxylation is 1. The molecule has 5 nitrogen and oxygen atoms in total. The van der Waals surface area contributed by atoms with Gasteiger partial charge in [0.25, 0.3) is 0 Å². The lowest BCUT2D eigenvalue weighted by Crippen LogP contribution is -2.37. The third kappa shape index (κ3) is 6.08. The number of rotatable bonds is 7. The van der Waals surface area contributed by atoms with Gasteiger partial charge in [0.1, 0.15) is 0 Å². The fraction of sp³-hybridized carbons (Fsp3) is 0.136. The molecule has 0 aliphatic rings. The molecular weight excluding hydrogens is 523 g/mol. The van der Waals surface area contributed by atoms with E-state index in [4.69, 9.17) is 23.2 Å². The van der Waals surface area contributed by atoms with Gasteiger partial charge in [0.2, 0.25) is 15.9 Å². The summed E-state index contributed by atoms with van der Waals surface area (Å²) in [6.45, 7) is 1.39. The van der Waals surface area contributed by atoms with Crippen molar-refractivity contribution < 1.29 is 13.2 Å². The molecule has 1 amide bonds. The van der Waals surface area contributed by atoms with Crippen molar-refractivity contribution in [1.82, 2.24) is 4.31 Å². The summed E-state index contributed by atoms with van der Waals surface area (Å²) in [6, 6.07) is 18.3. The average molecular weight is 542 g/mol. The number of benzene rings is 3. The number of carbonyl (C=O) groups is 1. The minimum atomic E-state index is -3.98. The van der Waals surface area contributed by atoms with Crippen molar-refractivity contribution in [3.63, 3.8) is 0 Å². The van der Waals surface area contributed by atoms with E-state index in [0.29, 0.717) is 21.3 Å². The maximum Gasteiger partial charge on any atom is 0.243 e. The van der Waals surface area contributed by atoms with E-state index in [1.54, 1.807) is 36.4 Å². The molecule has 9 heteroatoms. The Morgan fingerprint density at radius 1 is 1.03 bits per heavy atom. The second-order valence-corrected chi connectivity index (χ2v) is 10.5. The summed E-state index contributed by atoms with van der Waals surface area (Å²) in [7, 11) is -3.98. The first-order chi connectivity index (χ1) is 14.7. The predicted molar refractivity (Wildman–Crippen MR) is 128 cm³/mol. The zero-order chi connectivity index (χ0) is 22.6.